The fraction of sp³-hybridized carbons (Fsp3) is 0.364. The number of thioether (sulfide) groups is 1. The molecule has 0 aromatic carbocycles. The lowest BCUT2D eigenvalue weighted by atomic mass is 10.3. The molecule has 0 aliphatic carbocycles. The van der Waals surface area contributed by atoms with Crippen LogP contribution in [0.3, 0.4) is 0 Å². The minimum Gasteiger partial charge on any atom is -0.395 e. The van der Waals surface area contributed by atoms with Crippen molar-refractivity contribution < 1.29 is 5.11 Å². The van der Waals surface area contributed by atoms with E-state index in [4.69, 9.17) is 10.4 Å². The average molecular weight is 281 g/mol. The van der Waals surface area contributed by atoms with E-state index in [9.17, 15) is 4.79 Å². The quantitative estimate of drug-likeness (QED) is 0.859. The van der Waals surface area contributed by atoms with Gasteiger partial charge in [0.15, 0.2) is 0 Å². The van der Waals surface area contributed by atoms with E-state index in [0.717, 1.165) is 4.21 Å². The van der Waals surface area contributed by atoms with Crippen molar-refractivity contribution in [2.24, 2.45) is 0 Å². The summed E-state index contributed by atoms with van der Waals surface area (Å²) in [6, 6.07) is 2.10. The summed E-state index contributed by atoms with van der Waals surface area (Å²) in [6.45, 7) is 1.82. The third-order valence-electron chi connectivity index (χ3n) is 2.58. The minimum atomic E-state index is -0.187. The van der Waals surface area contributed by atoms with Gasteiger partial charge in [0.05, 0.1) is 17.4 Å². The van der Waals surface area contributed by atoms with Crippen LogP contribution in [0, 0.1) is 18.3 Å². The van der Waals surface area contributed by atoms with E-state index in [2.05, 4.69) is 11.1 Å². The van der Waals surface area contributed by atoms with Crippen LogP contribution in [0.1, 0.15) is 11.4 Å². The van der Waals surface area contributed by atoms with Gasteiger partial charge in [-0.3, -0.25) is 9.36 Å². The van der Waals surface area contributed by atoms with Crippen molar-refractivity contribution in [3.63, 3.8) is 0 Å². The Bertz CT molecular complexity index is 697. The van der Waals surface area contributed by atoms with Gasteiger partial charge in [-0.05, 0) is 13.2 Å². The highest BCUT2D eigenvalue weighted by Crippen LogP contribution is 2.33. The number of aliphatic hydroxyl groups excluding tert-OH is 1. The topological polar surface area (TPSA) is 78.9 Å². The number of fused-ring (bicyclic) bond motifs is 1. The molecule has 7 heteroatoms. The summed E-state index contributed by atoms with van der Waals surface area (Å²) >= 11 is 2.72. The second-order valence-corrected chi connectivity index (χ2v) is 5.69. The maximum Gasteiger partial charge on any atom is 0.271 e. The highest BCUT2D eigenvalue weighted by molar-refractivity contribution is 8.00. The summed E-state index contributed by atoms with van der Waals surface area (Å²) in [5.74, 6) is 0.517. The molecule has 2 heterocycles. The lowest BCUT2D eigenvalue weighted by Gasteiger charge is -2.06. The first-order valence-corrected chi connectivity index (χ1v) is 7.27. The van der Waals surface area contributed by atoms with Crippen LogP contribution >= 0.6 is 23.1 Å². The molecule has 0 unspecified atom stereocenters. The summed E-state index contributed by atoms with van der Waals surface area (Å²) in [6.07, 6.45) is 1.87. The Hall–Kier alpha value is -1.36. The molecule has 5 nitrogen and oxygen atoms in total. The van der Waals surface area contributed by atoms with Crippen molar-refractivity contribution in [2.75, 3.05) is 12.9 Å². The number of aliphatic hydroxyl groups is 1. The maximum atomic E-state index is 12.2. The molecule has 94 valence electrons. The third kappa shape index (κ3) is 1.92. The molecule has 0 saturated carbocycles. The zero-order valence-corrected chi connectivity index (χ0v) is 11.6. The van der Waals surface area contributed by atoms with Crippen LogP contribution in [0.4, 0.5) is 0 Å². The van der Waals surface area contributed by atoms with E-state index >= 15 is 0 Å². The molecule has 1 N–H and O–H groups in total. The van der Waals surface area contributed by atoms with Crippen molar-refractivity contribution in [3.05, 3.63) is 21.7 Å². The van der Waals surface area contributed by atoms with Gasteiger partial charge in [0, 0.05) is 0 Å². The Balaban J connectivity index is 2.85. The summed E-state index contributed by atoms with van der Waals surface area (Å²) < 4.78 is 2.72. The molecule has 0 radical (unpaired) electrons. The Morgan fingerprint density at radius 3 is 2.89 bits per heavy atom. The number of hydrogen-bond donors (Lipinski definition) is 1. The number of aromatic nitrogens is 2. The van der Waals surface area contributed by atoms with Gasteiger partial charge in [0.2, 0.25) is 0 Å². The fourth-order valence-electron chi connectivity index (χ4n) is 1.75. The first-order valence-electron chi connectivity index (χ1n) is 5.23. The Morgan fingerprint density at radius 2 is 2.33 bits per heavy atom. The Kier molecular flexibility index (Phi) is 3.71. The van der Waals surface area contributed by atoms with Gasteiger partial charge < -0.3 is 5.11 Å². The van der Waals surface area contributed by atoms with Gasteiger partial charge in [-0.25, -0.2) is 4.98 Å². The molecular formula is C11H11N3O2S2. The van der Waals surface area contributed by atoms with Crippen molar-refractivity contribution in [1.82, 2.24) is 9.55 Å². The Morgan fingerprint density at radius 1 is 1.61 bits per heavy atom. The largest absolute Gasteiger partial charge is 0.395 e. The highest BCUT2D eigenvalue weighted by atomic mass is 32.2. The van der Waals surface area contributed by atoms with Crippen molar-refractivity contribution >= 4 is 33.3 Å². The fourth-order valence-corrected chi connectivity index (χ4v) is 3.55. The second kappa shape index (κ2) is 5.10. The first-order chi connectivity index (χ1) is 8.63. The van der Waals surface area contributed by atoms with E-state index in [-0.39, 0.29) is 18.7 Å². The SMILES string of the molecule is CSc1sc2c(=O)n(CCO)c(C)nc2c1C#N. The number of rotatable bonds is 3. The lowest BCUT2D eigenvalue weighted by molar-refractivity contribution is 0.272. The second-order valence-electron chi connectivity index (χ2n) is 3.60. The molecule has 0 bridgehead atoms. The van der Waals surface area contributed by atoms with Gasteiger partial charge in [0.1, 0.15) is 27.7 Å². The molecule has 2 aromatic rings. The van der Waals surface area contributed by atoms with E-state index in [0.29, 0.717) is 21.6 Å². The summed E-state index contributed by atoms with van der Waals surface area (Å²) in [5, 5.41) is 18.1. The Labute approximate surface area is 112 Å². The highest BCUT2D eigenvalue weighted by Gasteiger charge is 2.17. The van der Waals surface area contributed by atoms with Crippen LogP contribution in [0.15, 0.2) is 9.00 Å². The van der Waals surface area contributed by atoms with E-state index < -0.39 is 0 Å². The summed E-state index contributed by atoms with van der Waals surface area (Å²) in [7, 11) is 0. The van der Waals surface area contributed by atoms with Crippen LogP contribution in [0.25, 0.3) is 10.2 Å². The van der Waals surface area contributed by atoms with Crippen LogP contribution in [0.5, 0.6) is 0 Å². The van der Waals surface area contributed by atoms with Crippen molar-refractivity contribution in [3.8, 4) is 6.07 Å². The van der Waals surface area contributed by atoms with Crippen molar-refractivity contribution in [2.45, 2.75) is 17.7 Å². The molecule has 0 amide bonds. The zero-order chi connectivity index (χ0) is 13.3. The van der Waals surface area contributed by atoms with E-state index in [1.54, 1.807) is 6.92 Å². The van der Waals surface area contributed by atoms with Crippen LogP contribution < -0.4 is 5.56 Å². The molecule has 2 rings (SSSR count). The predicted octanol–water partition coefficient (Wildman–Crippen LogP) is 1.35. The monoisotopic (exact) mass is 281 g/mol. The van der Waals surface area contributed by atoms with Gasteiger partial charge in [0.25, 0.3) is 5.56 Å². The van der Waals surface area contributed by atoms with Gasteiger partial charge in [-0.1, -0.05) is 0 Å². The van der Waals surface area contributed by atoms with Crippen molar-refractivity contribution in [1.29, 1.82) is 5.26 Å². The molecule has 0 fully saturated rings. The van der Waals surface area contributed by atoms with Crippen LogP contribution in [-0.2, 0) is 6.54 Å². The molecule has 0 aliphatic heterocycles. The molecule has 18 heavy (non-hydrogen) atoms. The van der Waals surface area contributed by atoms with E-state index in [1.165, 1.54) is 27.7 Å². The smallest absolute Gasteiger partial charge is 0.271 e. The molecule has 0 atom stereocenters. The maximum absolute atomic E-state index is 12.2. The number of hydrogen-bond acceptors (Lipinski definition) is 6. The standard InChI is InChI=1S/C11H11N3O2S2/c1-6-13-8-7(5-12)11(17-2)18-9(8)10(16)14(6)3-4-15/h15H,3-4H2,1-2H3. The molecule has 0 spiro atoms. The lowest BCUT2D eigenvalue weighted by Crippen LogP contribution is -2.24. The van der Waals surface area contributed by atoms with Crippen LogP contribution in [0.2, 0.25) is 0 Å². The minimum absolute atomic E-state index is 0.111. The van der Waals surface area contributed by atoms with Gasteiger partial charge in [-0.2, -0.15) is 5.26 Å². The average Bonchev–Trinajstić information content (AvgIpc) is 2.72. The number of aryl methyl sites for hydroxylation is 1. The zero-order valence-electron chi connectivity index (χ0n) is 9.93. The molecule has 2 aromatic heterocycles. The predicted molar refractivity (Wildman–Crippen MR) is 72.2 cm³/mol. The molecule has 0 aliphatic rings. The summed E-state index contributed by atoms with van der Waals surface area (Å²) in [4.78, 5) is 16.6. The number of thiophene rings is 1. The molecular weight excluding hydrogens is 270 g/mol. The van der Waals surface area contributed by atoms with Crippen LogP contribution in [-0.4, -0.2) is 27.5 Å². The van der Waals surface area contributed by atoms with Gasteiger partial charge in [-0.15, -0.1) is 23.1 Å². The van der Waals surface area contributed by atoms with Gasteiger partial charge >= 0.3 is 0 Å². The van der Waals surface area contributed by atoms with E-state index in [1.807, 2.05) is 6.26 Å². The number of nitrogens with zero attached hydrogens (tertiary/aromatic N) is 3. The number of nitriles is 1. The first kappa shape index (κ1) is 13.1. The normalized spacial score (nSPS) is 10.8. The summed E-state index contributed by atoms with van der Waals surface area (Å²) in [5.41, 5.74) is 0.760. The third-order valence-corrected chi connectivity index (χ3v) is 4.86. The molecule has 0 saturated heterocycles.